The second kappa shape index (κ2) is 10.6. The highest BCUT2D eigenvalue weighted by atomic mass is 16.5. The molecule has 0 spiro atoms. The lowest BCUT2D eigenvalue weighted by atomic mass is 10.2. The molecule has 0 heterocycles. The van der Waals surface area contributed by atoms with Gasteiger partial charge in [-0.25, -0.2) is 0 Å². The Balaban J connectivity index is 2.38. The maximum atomic E-state index is 12.2. The highest BCUT2D eigenvalue weighted by Gasteiger charge is 2.13. The smallest absolute Gasteiger partial charge is 0.255 e. The Labute approximate surface area is 144 Å². The van der Waals surface area contributed by atoms with Gasteiger partial charge < -0.3 is 20.3 Å². The zero-order chi connectivity index (χ0) is 17.9. The van der Waals surface area contributed by atoms with Crippen molar-refractivity contribution in [3.05, 3.63) is 29.8 Å². The van der Waals surface area contributed by atoms with E-state index in [-0.39, 0.29) is 18.4 Å². The van der Waals surface area contributed by atoms with Crippen LogP contribution in [0.1, 0.15) is 37.6 Å². The Morgan fingerprint density at radius 2 is 1.92 bits per heavy atom. The van der Waals surface area contributed by atoms with E-state index in [1.54, 1.807) is 18.2 Å². The number of hydrogen-bond donors (Lipinski definition) is 2. The SMILES string of the molecule is CCOc1ccccc1C(=O)NCC(=O)NCCN(C)C(C)CC. The summed E-state index contributed by atoms with van der Waals surface area (Å²) in [4.78, 5) is 26.2. The molecule has 134 valence electrons. The van der Waals surface area contributed by atoms with Gasteiger partial charge in [-0.05, 0) is 39.4 Å². The Kier molecular flexibility index (Phi) is 8.86. The van der Waals surface area contributed by atoms with Gasteiger partial charge in [-0.2, -0.15) is 0 Å². The highest BCUT2D eigenvalue weighted by Crippen LogP contribution is 2.17. The summed E-state index contributed by atoms with van der Waals surface area (Å²) in [6.07, 6.45) is 1.07. The summed E-state index contributed by atoms with van der Waals surface area (Å²) in [5, 5.41) is 5.44. The van der Waals surface area contributed by atoms with Crippen LogP contribution < -0.4 is 15.4 Å². The van der Waals surface area contributed by atoms with Crippen molar-refractivity contribution in [2.45, 2.75) is 33.2 Å². The van der Waals surface area contributed by atoms with E-state index in [0.29, 0.717) is 30.5 Å². The van der Waals surface area contributed by atoms with Gasteiger partial charge in [0.15, 0.2) is 0 Å². The molecule has 2 amide bonds. The lowest BCUT2D eigenvalue weighted by Crippen LogP contribution is -2.41. The van der Waals surface area contributed by atoms with E-state index < -0.39 is 0 Å². The Morgan fingerprint density at radius 1 is 1.21 bits per heavy atom. The molecule has 0 bridgehead atoms. The molecule has 0 aromatic heterocycles. The monoisotopic (exact) mass is 335 g/mol. The summed E-state index contributed by atoms with van der Waals surface area (Å²) in [6, 6.07) is 7.48. The number of benzene rings is 1. The third-order valence-electron chi connectivity index (χ3n) is 3.97. The second-order valence-corrected chi connectivity index (χ2v) is 5.70. The molecule has 0 fully saturated rings. The summed E-state index contributed by atoms with van der Waals surface area (Å²) in [5.74, 6) is 0.00815. The summed E-state index contributed by atoms with van der Waals surface area (Å²) in [7, 11) is 2.03. The molecule has 0 saturated heterocycles. The highest BCUT2D eigenvalue weighted by molar-refractivity contribution is 5.98. The van der Waals surface area contributed by atoms with Crippen LogP contribution in [-0.2, 0) is 4.79 Å². The normalized spacial score (nSPS) is 11.9. The van der Waals surface area contributed by atoms with Gasteiger partial charge in [0.2, 0.25) is 5.91 Å². The average Bonchev–Trinajstić information content (AvgIpc) is 2.59. The number of ether oxygens (including phenoxy) is 1. The number of para-hydroxylation sites is 1. The van der Waals surface area contributed by atoms with E-state index >= 15 is 0 Å². The Bertz CT molecular complexity index is 534. The van der Waals surface area contributed by atoms with Crippen molar-refractivity contribution in [3.8, 4) is 5.75 Å². The van der Waals surface area contributed by atoms with Gasteiger partial charge in [-0.15, -0.1) is 0 Å². The van der Waals surface area contributed by atoms with E-state index in [2.05, 4.69) is 29.4 Å². The fraction of sp³-hybridized carbons (Fsp3) is 0.556. The summed E-state index contributed by atoms with van der Waals surface area (Å²) >= 11 is 0. The third-order valence-corrected chi connectivity index (χ3v) is 3.97. The lowest BCUT2D eigenvalue weighted by molar-refractivity contribution is -0.120. The number of rotatable bonds is 10. The van der Waals surface area contributed by atoms with Crippen LogP contribution in [0.2, 0.25) is 0 Å². The first-order valence-corrected chi connectivity index (χ1v) is 8.46. The number of carbonyl (C=O) groups is 2. The topological polar surface area (TPSA) is 70.7 Å². The van der Waals surface area contributed by atoms with E-state index in [1.165, 1.54) is 0 Å². The van der Waals surface area contributed by atoms with Crippen LogP contribution in [0.5, 0.6) is 5.75 Å². The number of hydrogen-bond acceptors (Lipinski definition) is 4. The molecule has 0 aliphatic rings. The number of carbonyl (C=O) groups excluding carboxylic acids is 2. The predicted molar refractivity (Wildman–Crippen MR) is 95.3 cm³/mol. The van der Waals surface area contributed by atoms with Crippen LogP contribution in [0.15, 0.2) is 24.3 Å². The fourth-order valence-electron chi connectivity index (χ4n) is 2.16. The molecule has 1 unspecified atom stereocenters. The van der Waals surface area contributed by atoms with Crippen molar-refractivity contribution in [1.29, 1.82) is 0 Å². The first-order chi connectivity index (χ1) is 11.5. The van der Waals surface area contributed by atoms with Gasteiger partial charge in [0.05, 0.1) is 18.7 Å². The minimum Gasteiger partial charge on any atom is -0.493 e. The van der Waals surface area contributed by atoms with E-state index in [1.807, 2.05) is 20.0 Å². The zero-order valence-corrected chi connectivity index (χ0v) is 15.1. The molecule has 1 rings (SSSR count). The molecule has 1 aromatic rings. The molecular weight excluding hydrogens is 306 g/mol. The van der Waals surface area contributed by atoms with Crippen molar-refractivity contribution < 1.29 is 14.3 Å². The second-order valence-electron chi connectivity index (χ2n) is 5.70. The quantitative estimate of drug-likeness (QED) is 0.682. The number of likely N-dealkylation sites (N-methyl/N-ethyl adjacent to an activating group) is 1. The van der Waals surface area contributed by atoms with Crippen molar-refractivity contribution in [3.63, 3.8) is 0 Å². The van der Waals surface area contributed by atoms with Gasteiger partial charge >= 0.3 is 0 Å². The summed E-state index contributed by atoms with van der Waals surface area (Å²) < 4.78 is 5.42. The van der Waals surface area contributed by atoms with Crippen LogP contribution >= 0.6 is 0 Å². The van der Waals surface area contributed by atoms with Crippen LogP contribution in [-0.4, -0.2) is 56.0 Å². The third kappa shape index (κ3) is 6.58. The van der Waals surface area contributed by atoms with Crippen molar-refractivity contribution in [2.75, 3.05) is 33.3 Å². The average molecular weight is 335 g/mol. The Morgan fingerprint density at radius 3 is 2.58 bits per heavy atom. The van der Waals surface area contributed by atoms with Crippen molar-refractivity contribution >= 4 is 11.8 Å². The van der Waals surface area contributed by atoms with Gasteiger partial charge in [0.1, 0.15) is 5.75 Å². The molecule has 2 N–H and O–H groups in total. The zero-order valence-electron chi connectivity index (χ0n) is 15.1. The van der Waals surface area contributed by atoms with Crippen LogP contribution in [0.25, 0.3) is 0 Å². The van der Waals surface area contributed by atoms with E-state index in [0.717, 1.165) is 13.0 Å². The first-order valence-electron chi connectivity index (χ1n) is 8.46. The number of nitrogens with zero attached hydrogens (tertiary/aromatic N) is 1. The van der Waals surface area contributed by atoms with Crippen LogP contribution in [0.4, 0.5) is 0 Å². The molecular formula is C18H29N3O3. The van der Waals surface area contributed by atoms with Gasteiger partial charge in [0.25, 0.3) is 5.91 Å². The minimum atomic E-state index is -0.314. The molecule has 6 heteroatoms. The molecule has 0 saturated carbocycles. The van der Waals surface area contributed by atoms with Crippen LogP contribution in [0, 0.1) is 0 Å². The summed E-state index contributed by atoms with van der Waals surface area (Å²) in [5.41, 5.74) is 0.434. The molecule has 24 heavy (non-hydrogen) atoms. The minimum absolute atomic E-state index is 0.0493. The maximum Gasteiger partial charge on any atom is 0.255 e. The largest absolute Gasteiger partial charge is 0.493 e. The van der Waals surface area contributed by atoms with Crippen LogP contribution in [0.3, 0.4) is 0 Å². The van der Waals surface area contributed by atoms with Gasteiger partial charge in [-0.3, -0.25) is 9.59 Å². The first kappa shape index (κ1) is 20.0. The van der Waals surface area contributed by atoms with Crippen molar-refractivity contribution in [2.24, 2.45) is 0 Å². The molecule has 6 nitrogen and oxygen atoms in total. The molecule has 1 atom stereocenters. The molecule has 0 aliphatic carbocycles. The van der Waals surface area contributed by atoms with E-state index in [9.17, 15) is 9.59 Å². The lowest BCUT2D eigenvalue weighted by Gasteiger charge is -2.23. The predicted octanol–water partition coefficient (Wildman–Crippen LogP) is 1.66. The fourth-order valence-corrected chi connectivity index (χ4v) is 2.16. The van der Waals surface area contributed by atoms with Gasteiger partial charge in [-0.1, -0.05) is 19.1 Å². The summed E-state index contributed by atoms with van der Waals surface area (Å²) in [6.45, 7) is 7.92. The van der Waals surface area contributed by atoms with Gasteiger partial charge in [0, 0.05) is 19.1 Å². The standard InChI is InChI=1S/C18H29N3O3/c1-5-14(3)21(4)12-11-19-17(22)13-20-18(23)15-9-7-8-10-16(15)24-6-2/h7-10,14H,5-6,11-13H2,1-4H3,(H,19,22)(H,20,23). The molecule has 0 radical (unpaired) electrons. The molecule has 0 aliphatic heterocycles. The van der Waals surface area contributed by atoms with Crippen molar-refractivity contribution in [1.82, 2.24) is 15.5 Å². The molecule has 1 aromatic carbocycles. The number of amides is 2. The maximum absolute atomic E-state index is 12.2. The van der Waals surface area contributed by atoms with E-state index in [4.69, 9.17) is 4.74 Å². The Hall–Kier alpha value is -2.08. The number of nitrogens with one attached hydrogen (secondary N) is 2.